The predicted octanol–water partition coefficient (Wildman–Crippen LogP) is 2.21. The number of aryl methyl sites for hydroxylation is 1. The van der Waals surface area contributed by atoms with Crippen molar-refractivity contribution in [1.82, 2.24) is 4.90 Å². The minimum atomic E-state index is 0.222. The van der Waals surface area contributed by atoms with E-state index in [1.54, 1.807) is 0 Å². The lowest BCUT2D eigenvalue weighted by molar-refractivity contribution is -0.112. The highest BCUT2D eigenvalue weighted by Crippen LogP contribution is 2.30. The van der Waals surface area contributed by atoms with Crippen molar-refractivity contribution in [2.75, 3.05) is 19.6 Å². The summed E-state index contributed by atoms with van der Waals surface area (Å²) in [7, 11) is 0. The maximum Gasteiger partial charge on any atom is 0.124 e. The number of fused-ring (bicyclic) bond motifs is 1. The number of carbonyl (C=O) groups excluding carboxylic acids is 1. The van der Waals surface area contributed by atoms with Gasteiger partial charge >= 0.3 is 0 Å². The molecule has 2 aliphatic rings. The Balaban J connectivity index is 1.59. The average molecular weight is 259 g/mol. The van der Waals surface area contributed by atoms with Gasteiger partial charge in [0.25, 0.3) is 0 Å². The number of hydrogen-bond donors (Lipinski definition) is 0. The zero-order valence-electron chi connectivity index (χ0n) is 11.5. The number of rotatable bonds is 3. The van der Waals surface area contributed by atoms with Crippen molar-refractivity contribution in [1.29, 1.82) is 0 Å². The van der Waals surface area contributed by atoms with Gasteiger partial charge < -0.3 is 9.53 Å². The van der Waals surface area contributed by atoms with Crippen LogP contribution in [-0.4, -0.2) is 36.9 Å². The van der Waals surface area contributed by atoms with Crippen molar-refractivity contribution < 1.29 is 9.53 Å². The molecule has 3 heteroatoms. The summed E-state index contributed by atoms with van der Waals surface area (Å²) in [5.74, 6) is 1.26. The van der Waals surface area contributed by atoms with E-state index in [4.69, 9.17) is 4.74 Å². The molecule has 1 aromatic carbocycles. The number of benzene rings is 1. The second-order valence-electron chi connectivity index (χ2n) is 5.85. The number of nitrogens with zero attached hydrogens (tertiary/aromatic N) is 1. The predicted molar refractivity (Wildman–Crippen MR) is 74.5 cm³/mol. The molecule has 0 radical (unpaired) electrons. The summed E-state index contributed by atoms with van der Waals surface area (Å²) in [5.41, 5.74) is 2.62. The van der Waals surface area contributed by atoms with Crippen molar-refractivity contribution >= 4 is 6.29 Å². The molecule has 0 aromatic heterocycles. The largest absolute Gasteiger partial charge is 0.488 e. The van der Waals surface area contributed by atoms with E-state index in [9.17, 15) is 4.79 Å². The lowest BCUT2D eigenvalue weighted by Gasteiger charge is -2.31. The van der Waals surface area contributed by atoms with Crippen LogP contribution >= 0.6 is 0 Å². The van der Waals surface area contributed by atoms with Crippen LogP contribution in [0.1, 0.15) is 24.0 Å². The number of carbonyl (C=O) groups is 1. The molecule has 0 amide bonds. The van der Waals surface area contributed by atoms with E-state index in [1.807, 2.05) is 0 Å². The number of aldehydes is 1. The van der Waals surface area contributed by atoms with E-state index >= 15 is 0 Å². The van der Waals surface area contributed by atoms with E-state index in [0.717, 1.165) is 50.9 Å². The third kappa shape index (κ3) is 2.81. The van der Waals surface area contributed by atoms with Gasteiger partial charge in [-0.15, -0.1) is 0 Å². The minimum absolute atomic E-state index is 0.222. The van der Waals surface area contributed by atoms with Gasteiger partial charge in [-0.3, -0.25) is 4.90 Å². The molecule has 0 saturated carbocycles. The zero-order chi connectivity index (χ0) is 13.2. The van der Waals surface area contributed by atoms with Crippen molar-refractivity contribution in [2.45, 2.75) is 32.3 Å². The summed E-state index contributed by atoms with van der Waals surface area (Å²) >= 11 is 0. The normalized spacial score (nSPS) is 26.8. The van der Waals surface area contributed by atoms with Crippen LogP contribution in [0.15, 0.2) is 18.2 Å². The first kappa shape index (κ1) is 12.7. The van der Waals surface area contributed by atoms with Crippen LogP contribution in [0, 0.1) is 12.8 Å². The van der Waals surface area contributed by atoms with E-state index in [-0.39, 0.29) is 12.0 Å². The first-order valence-corrected chi connectivity index (χ1v) is 7.18. The molecule has 3 rings (SSSR count). The first-order chi connectivity index (χ1) is 9.24. The number of ether oxygens (including phenoxy) is 1. The summed E-state index contributed by atoms with van der Waals surface area (Å²) in [6.07, 6.45) is 4.54. The molecule has 102 valence electrons. The molecule has 2 heterocycles. The van der Waals surface area contributed by atoms with Gasteiger partial charge in [0.05, 0.1) is 0 Å². The quantitative estimate of drug-likeness (QED) is 0.779. The van der Waals surface area contributed by atoms with Crippen LogP contribution in [0.2, 0.25) is 0 Å². The Morgan fingerprint density at radius 1 is 1.47 bits per heavy atom. The lowest BCUT2D eigenvalue weighted by Crippen LogP contribution is -2.41. The summed E-state index contributed by atoms with van der Waals surface area (Å²) in [4.78, 5) is 13.3. The van der Waals surface area contributed by atoms with Crippen LogP contribution in [0.5, 0.6) is 5.75 Å². The standard InChI is InChI=1S/C16H21NO2/c1-12-4-5-16-14(7-12)8-15(19-16)10-17-6-2-3-13(9-17)11-18/h4-5,7,11,13,15H,2-3,6,8-10H2,1H3. The van der Waals surface area contributed by atoms with Gasteiger partial charge in [-0.05, 0) is 37.9 Å². The van der Waals surface area contributed by atoms with Crippen molar-refractivity contribution in [3.63, 3.8) is 0 Å². The van der Waals surface area contributed by atoms with E-state index in [0.29, 0.717) is 0 Å². The van der Waals surface area contributed by atoms with Gasteiger partial charge in [0, 0.05) is 25.4 Å². The monoisotopic (exact) mass is 259 g/mol. The SMILES string of the molecule is Cc1ccc2c(c1)CC(CN1CCCC(C=O)C1)O2. The Morgan fingerprint density at radius 3 is 3.21 bits per heavy atom. The topological polar surface area (TPSA) is 29.5 Å². The molecule has 0 aliphatic carbocycles. The first-order valence-electron chi connectivity index (χ1n) is 7.18. The lowest BCUT2D eigenvalue weighted by atomic mass is 9.99. The molecule has 0 N–H and O–H groups in total. The summed E-state index contributed by atoms with van der Waals surface area (Å²) in [6.45, 7) is 5.06. The fourth-order valence-electron chi connectivity index (χ4n) is 3.21. The highest BCUT2D eigenvalue weighted by atomic mass is 16.5. The molecule has 19 heavy (non-hydrogen) atoms. The number of likely N-dealkylation sites (tertiary alicyclic amines) is 1. The molecular formula is C16H21NO2. The number of hydrogen-bond acceptors (Lipinski definition) is 3. The van der Waals surface area contributed by atoms with E-state index in [2.05, 4.69) is 30.0 Å². The molecule has 3 nitrogen and oxygen atoms in total. The van der Waals surface area contributed by atoms with Crippen LogP contribution in [0.4, 0.5) is 0 Å². The zero-order valence-corrected chi connectivity index (χ0v) is 11.5. The second-order valence-corrected chi connectivity index (χ2v) is 5.85. The van der Waals surface area contributed by atoms with Gasteiger partial charge in [0.15, 0.2) is 0 Å². The Morgan fingerprint density at radius 2 is 2.37 bits per heavy atom. The Labute approximate surface area is 114 Å². The molecule has 1 fully saturated rings. The molecule has 2 unspecified atom stereocenters. The van der Waals surface area contributed by atoms with Crippen molar-refractivity contribution in [2.24, 2.45) is 5.92 Å². The molecule has 2 aliphatic heterocycles. The van der Waals surface area contributed by atoms with E-state index in [1.165, 1.54) is 11.1 Å². The fraction of sp³-hybridized carbons (Fsp3) is 0.562. The van der Waals surface area contributed by atoms with Gasteiger partial charge in [-0.2, -0.15) is 0 Å². The summed E-state index contributed by atoms with van der Waals surface area (Å²) in [6, 6.07) is 6.40. The second kappa shape index (κ2) is 5.33. The van der Waals surface area contributed by atoms with Gasteiger partial charge in [-0.25, -0.2) is 0 Å². The van der Waals surface area contributed by atoms with Gasteiger partial charge in [0.2, 0.25) is 0 Å². The maximum atomic E-state index is 10.9. The maximum absolute atomic E-state index is 10.9. The van der Waals surface area contributed by atoms with Crippen molar-refractivity contribution in [3.8, 4) is 5.75 Å². The molecular weight excluding hydrogens is 238 g/mol. The highest BCUT2D eigenvalue weighted by molar-refractivity contribution is 5.54. The molecule has 2 atom stereocenters. The van der Waals surface area contributed by atoms with E-state index < -0.39 is 0 Å². The van der Waals surface area contributed by atoms with Crippen LogP contribution in [0.25, 0.3) is 0 Å². The van der Waals surface area contributed by atoms with Crippen LogP contribution in [0.3, 0.4) is 0 Å². The average Bonchev–Trinajstić information content (AvgIpc) is 2.80. The van der Waals surface area contributed by atoms with Crippen LogP contribution < -0.4 is 4.74 Å². The Bertz CT molecular complexity index is 472. The number of piperidine rings is 1. The third-order valence-corrected chi connectivity index (χ3v) is 4.15. The fourth-order valence-corrected chi connectivity index (χ4v) is 3.21. The summed E-state index contributed by atoms with van der Waals surface area (Å²) < 4.78 is 6.00. The summed E-state index contributed by atoms with van der Waals surface area (Å²) in [5, 5.41) is 0. The molecule has 0 bridgehead atoms. The molecule has 0 spiro atoms. The van der Waals surface area contributed by atoms with Gasteiger partial charge in [-0.1, -0.05) is 17.7 Å². The molecule has 1 saturated heterocycles. The van der Waals surface area contributed by atoms with Crippen LogP contribution in [-0.2, 0) is 11.2 Å². The Kier molecular flexibility index (Phi) is 3.56. The third-order valence-electron chi connectivity index (χ3n) is 4.15. The van der Waals surface area contributed by atoms with Gasteiger partial charge in [0.1, 0.15) is 18.1 Å². The van der Waals surface area contributed by atoms with Crippen molar-refractivity contribution in [3.05, 3.63) is 29.3 Å². The minimum Gasteiger partial charge on any atom is -0.488 e. The smallest absolute Gasteiger partial charge is 0.124 e. The highest BCUT2D eigenvalue weighted by Gasteiger charge is 2.27. The molecule has 1 aromatic rings. The Hall–Kier alpha value is -1.35.